The molecule has 2 heterocycles. The number of pyridine rings is 1. The molecule has 1 N–H and O–H groups in total. The van der Waals surface area contributed by atoms with Crippen LogP contribution in [0, 0.1) is 6.92 Å². The van der Waals surface area contributed by atoms with E-state index in [4.69, 9.17) is 0 Å². The second-order valence-electron chi connectivity index (χ2n) is 5.47. The number of aryl methyl sites for hydroxylation is 1. The number of anilines is 1. The Labute approximate surface area is 150 Å². The van der Waals surface area contributed by atoms with Crippen molar-refractivity contribution < 1.29 is 4.79 Å². The fourth-order valence-corrected chi connectivity index (χ4v) is 3.12. The van der Waals surface area contributed by atoms with Crippen molar-refractivity contribution in [1.82, 2.24) is 19.7 Å². The van der Waals surface area contributed by atoms with Crippen molar-refractivity contribution in [2.45, 2.75) is 25.5 Å². The second-order valence-corrected chi connectivity index (χ2v) is 6.42. The van der Waals surface area contributed by atoms with Gasteiger partial charge in [0.1, 0.15) is 5.69 Å². The minimum atomic E-state index is -0.0723. The van der Waals surface area contributed by atoms with E-state index in [0.29, 0.717) is 17.5 Å². The van der Waals surface area contributed by atoms with Crippen molar-refractivity contribution >= 4 is 23.4 Å². The zero-order valence-electron chi connectivity index (χ0n) is 14.1. The predicted octanol–water partition coefficient (Wildman–Crippen LogP) is 3.40. The Morgan fingerprint density at radius 1 is 1.16 bits per heavy atom. The van der Waals surface area contributed by atoms with Gasteiger partial charge in [0.15, 0.2) is 11.0 Å². The van der Waals surface area contributed by atoms with Crippen molar-refractivity contribution in [1.29, 1.82) is 0 Å². The van der Waals surface area contributed by atoms with Gasteiger partial charge >= 0.3 is 0 Å². The van der Waals surface area contributed by atoms with Crippen LogP contribution in [0.1, 0.15) is 12.5 Å². The minimum absolute atomic E-state index is 0.0723. The summed E-state index contributed by atoms with van der Waals surface area (Å²) >= 11 is 1.37. The second kappa shape index (κ2) is 7.94. The Morgan fingerprint density at radius 3 is 2.64 bits per heavy atom. The van der Waals surface area contributed by atoms with E-state index < -0.39 is 0 Å². The average molecular weight is 353 g/mol. The zero-order valence-corrected chi connectivity index (χ0v) is 15.0. The number of hydrogen-bond donors (Lipinski definition) is 1. The third-order valence-corrected chi connectivity index (χ3v) is 4.53. The molecule has 1 amide bonds. The van der Waals surface area contributed by atoms with Crippen molar-refractivity contribution in [3.05, 3.63) is 54.2 Å². The number of aromatic nitrogens is 4. The molecule has 0 spiro atoms. The maximum absolute atomic E-state index is 12.1. The molecule has 0 aliphatic rings. The van der Waals surface area contributed by atoms with Crippen LogP contribution in [0.25, 0.3) is 11.5 Å². The number of carbonyl (C=O) groups is 1. The van der Waals surface area contributed by atoms with Gasteiger partial charge in [-0.1, -0.05) is 36.0 Å². The van der Waals surface area contributed by atoms with E-state index >= 15 is 0 Å². The van der Waals surface area contributed by atoms with Gasteiger partial charge in [-0.25, -0.2) is 0 Å². The Kier molecular flexibility index (Phi) is 5.45. The number of benzene rings is 1. The molecule has 3 rings (SSSR count). The summed E-state index contributed by atoms with van der Waals surface area (Å²) in [6, 6.07) is 13.3. The average Bonchev–Trinajstić information content (AvgIpc) is 3.04. The number of para-hydroxylation sites is 1. The molecule has 0 unspecified atom stereocenters. The summed E-state index contributed by atoms with van der Waals surface area (Å²) < 4.78 is 1.97. The molecule has 6 nitrogen and oxygen atoms in total. The topological polar surface area (TPSA) is 72.7 Å². The molecule has 0 radical (unpaired) electrons. The van der Waals surface area contributed by atoms with Crippen molar-refractivity contribution in [3.8, 4) is 11.5 Å². The number of amides is 1. The number of nitrogens with zero attached hydrogens (tertiary/aromatic N) is 4. The summed E-state index contributed by atoms with van der Waals surface area (Å²) in [5, 5.41) is 12.0. The van der Waals surface area contributed by atoms with Gasteiger partial charge in [-0.15, -0.1) is 10.2 Å². The standard InChI is InChI=1S/C18H19N5OS/c1-3-23-17(15-10-9-13(2)11-19-15)21-22-18(23)25-12-16(24)20-14-7-5-4-6-8-14/h4-11H,3,12H2,1-2H3,(H,20,24). The van der Waals surface area contributed by atoms with Crippen LogP contribution in [-0.4, -0.2) is 31.4 Å². The van der Waals surface area contributed by atoms with Crippen LogP contribution < -0.4 is 5.32 Å². The Bertz CT molecular complexity index is 846. The van der Waals surface area contributed by atoms with Gasteiger partial charge in [0.25, 0.3) is 0 Å². The summed E-state index contributed by atoms with van der Waals surface area (Å²) in [6.07, 6.45) is 1.81. The number of rotatable bonds is 6. The molecule has 7 heteroatoms. The molecular formula is C18H19N5OS. The SMILES string of the molecule is CCn1c(SCC(=O)Nc2ccccc2)nnc1-c1ccc(C)cn1. The largest absolute Gasteiger partial charge is 0.325 e. The third kappa shape index (κ3) is 4.24. The fraction of sp³-hybridized carbons (Fsp3) is 0.222. The maximum atomic E-state index is 12.1. The highest BCUT2D eigenvalue weighted by Gasteiger charge is 2.15. The van der Waals surface area contributed by atoms with Crippen molar-refractivity contribution in [2.75, 3.05) is 11.1 Å². The molecule has 0 saturated heterocycles. The monoisotopic (exact) mass is 353 g/mol. The lowest BCUT2D eigenvalue weighted by atomic mass is 10.2. The van der Waals surface area contributed by atoms with Crippen LogP contribution in [-0.2, 0) is 11.3 Å². The van der Waals surface area contributed by atoms with Crippen LogP contribution in [0.15, 0.2) is 53.8 Å². The lowest BCUT2D eigenvalue weighted by Crippen LogP contribution is -2.14. The summed E-state index contributed by atoms with van der Waals surface area (Å²) in [4.78, 5) is 16.5. The van der Waals surface area contributed by atoms with Gasteiger partial charge in [0.2, 0.25) is 5.91 Å². The van der Waals surface area contributed by atoms with Gasteiger partial charge in [0, 0.05) is 18.4 Å². The third-order valence-electron chi connectivity index (χ3n) is 3.56. The zero-order chi connectivity index (χ0) is 17.6. The highest BCUT2D eigenvalue weighted by Crippen LogP contribution is 2.23. The first-order valence-electron chi connectivity index (χ1n) is 8.01. The molecule has 2 aromatic heterocycles. The van der Waals surface area contributed by atoms with E-state index in [1.807, 2.05) is 67.1 Å². The molecule has 25 heavy (non-hydrogen) atoms. The molecule has 0 fully saturated rings. The predicted molar refractivity (Wildman–Crippen MR) is 99.5 cm³/mol. The summed E-state index contributed by atoms with van der Waals surface area (Å²) in [5.74, 6) is 0.916. The first kappa shape index (κ1) is 17.2. The van der Waals surface area contributed by atoms with E-state index in [1.54, 1.807) is 0 Å². The normalized spacial score (nSPS) is 10.6. The lowest BCUT2D eigenvalue weighted by molar-refractivity contribution is -0.113. The highest BCUT2D eigenvalue weighted by molar-refractivity contribution is 7.99. The minimum Gasteiger partial charge on any atom is -0.325 e. The Hall–Kier alpha value is -2.67. The van der Waals surface area contributed by atoms with E-state index in [0.717, 1.165) is 16.9 Å². The van der Waals surface area contributed by atoms with E-state index in [-0.39, 0.29) is 11.7 Å². The lowest BCUT2D eigenvalue weighted by Gasteiger charge is -2.07. The van der Waals surface area contributed by atoms with Crippen LogP contribution in [0.3, 0.4) is 0 Å². The first-order chi connectivity index (χ1) is 12.2. The number of thioether (sulfide) groups is 1. The number of nitrogens with one attached hydrogen (secondary N) is 1. The van der Waals surface area contributed by atoms with E-state index in [2.05, 4.69) is 20.5 Å². The fourth-order valence-electron chi connectivity index (χ4n) is 2.32. The highest BCUT2D eigenvalue weighted by atomic mass is 32.2. The van der Waals surface area contributed by atoms with Crippen molar-refractivity contribution in [2.24, 2.45) is 0 Å². The first-order valence-corrected chi connectivity index (χ1v) is 9.00. The van der Waals surface area contributed by atoms with Crippen molar-refractivity contribution in [3.63, 3.8) is 0 Å². The van der Waals surface area contributed by atoms with Gasteiger partial charge in [-0.2, -0.15) is 0 Å². The van der Waals surface area contributed by atoms with Gasteiger partial charge < -0.3 is 9.88 Å². The van der Waals surface area contributed by atoms with Crippen LogP contribution in [0.5, 0.6) is 0 Å². The molecular weight excluding hydrogens is 334 g/mol. The number of carbonyl (C=O) groups excluding carboxylic acids is 1. The molecule has 0 bridgehead atoms. The Balaban J connectivity index is 1.69. The molecule has 3 aromatic rings. The molecule has 0 saturated carbocycles. The molecule has 0 atom stereocenters. The summed E-state index contributed by atoms with van der Waals surface area (Å²) in [5.41, 5.74) is 2.66. The van der Waals surface area contributed by atoms with Gasteiger partial charge in [0.05, 0.1) is 5.75 Å². The van der Waals surface area contributed by atoms with Gasteiger partial charge in [-0.05, 0) is 37.6 Å². The summed E-state index contributed by atoms with van der Waals surface area (Å²) in [6.45, 7) is 4.73. The maximum Gasteiger partial charge on any atom is 0.234 e. The van der Waals surface area contributed by atoms with Crippen LogP contribution in [0.2, 0.25) is 0 Å². The van der Waals surface area contributed by atoms with E-state index in [1.165, 1.54) is 11.8 Å². The van der Waals surface area contributed by atoms with Crippen LogP contribution in [0.4, 0.5) is 5.69 Å². The smallest absolute Gasteiger partial charge is 0.234 e. The quantitative estimate of drug-likeness (QED) is 0.688. The molecule has 1 aromatic carbocycles. The molecule has 0 aliphatic carbocycles. The molecule has 128 valence electrons. The van der Waals surface area contributed by atoms with Gasteiger partial charge in [-0.3, -0.25) is 9.78 Å². The van der Waals surface area contributed by atoms with E-state index in [9.17, 15) is 4.79 Å². The van der Waals surface area contributed by atoms with Crippen LogP contribution >= 0.6 is 11.8 Å². The Morgan fingerprint density at radius 2 is 1.96 bits per heavy atom. The summed E-state index contributed by atoms with van der Waals surface area (Å²) in [7, 11) is 0. The number of hydrogen-bond acceptors (Lipinski definition) is 5. The molecule has 0 aliphatic heterocycles.